The Morgan fingerprint density at radius 2 is 2.28 bits per heavy atom. The molecule has 25 heavy (non-hydrogen) atoms. The van der Waals surface area contributed by atoms with E-state index < -0.39 is 15.9 Å². The van der Waals surface area contributed by atoms with Crippen LogP contribution in [0.3, 0.4) is 0 Å². The van der Waals surface area contributed by atoms with Crippen LogP contribution in [0.1, 0.15) is 36.0 Å². The Balaban J connectivity index is 2.09. The molecule has 136 valence electrons. The minimum absolute atomic E-state index is 0.113. The number of likely N-dealkylation sites (tertiary alicyclic amines) is 1. The Morgan fingerprint density at radius 3 is 2.92 bits per heavy atom. The summed E-state index contributed by atoms with van der Waals surface area (Å²) in [6, 6.07) is 6.32. The number of benzene rings is 1. The van der Waals surface area contributed by atoms with Gasteiger partial charge in [-0.15, -0.1) is 0 Å². The molecule has 0 radical (unpaired) electrons. The van der Waals surface area contributed by atoms with Crippen molar-refractivity contribution in [3.05, 3.63) is 23.8 Å². The number of hydrogen-bond acceptors (Lipinski definition) is 6. The average molecular weight is 366 g/mol. The third kappa shape index (κ3) is 4.92. The summed E-state index contributed by atoms with van der Waals surface area (Å²) in [5.41, 5.74) is 0.113. The van der Waals surface area contributed by atoms with E-state index in [2.05, 4.69) is 16.3 Å². The monoisotopic (exact) mass is 366 g/mol. The highest BCUT2D eigenvalue weighted by Gasteiger charge is 2.25. The number of primary sulfonamides is 1. The number of sulfonamides is 1. The molecule has 1 aromatic carbocycles. The van der Waals surface area contributed by atoms with Crippen LogP contribution in [0.2, 0.25) is 0 Å². The third-order valence-electron chi connectivity index (χ3n) is 4.28. The van der Waals surface area contributed by atoms with Crippen LogP contribution < -0.4 is 15.2 Å². The van der Waals surface area contributed by atoms with Crippen molar-refractivity contribution >= 4 is 15.9 Å². The molecule has 1 aromatic rings. The maximum absolute atomic E-state index is 12.5. The third-order valence-corrected chi connectivity index (χ3v) is 5.19. The number of ether oxygens (including phenoxy) is 1. The van der Waals surface area contributed by atoms with Gasteiger partial charge in [-0.1, -0.05) is 0 Å². The van der Waals surface area contributed by atoms with Crippen LogP contribution in [0.15, 0.2) is 23.1 Å². The van der Waals surface area contributed by atoms with Gasteiger partial charge < -0.3 is 10.1 Å². The van der Waals surface area contributed by atoms with E-state index >= 15 is 0 Å². The number of hydrogen-bond donors (Lipinski definition) is 2. The second-order valence-electron chi connectivity index (χ2n) is 5.88. The number of nitrogens with two attached hydrogens (primary N) is 1. The van der Waals surface area contributed by atoms with Gasteiger partial charge in [0, 0.05) is 19.0 Å². The van der Waals surface area contributed by atoms with Crippen LogP contribution in [0.4, 0.5) is 0 Å². The molecule has 3 N–H and O–H groups in total. The van der Waals surface area contributed by atoms with Gasteiger partial charge in [0.1, 0.15) is 5.75 Å². The Bertz CT molecular complexity index is 773. The molecule has 1 atom stereocenters. The van der Waals surface area contributed by atoms with Crippen molar-refractivity contribution in [2.24, 2.45) is 5.14 Å². The lowest BCUT2D eigenvalue weighted by Gasteiger charge is -2.24. The van der Waals surface area contributed by atoms with Crippen molar-refractivity contribution in [1.82, 2.24) is 10.2 Å². The van der Waals surface area contributed by atoms with Crippen LogP contribution in [0.5, 0.6) is 5.75 Å². The van der Waals surface area contributed by atoms with Gasteiger partial charge in [-0.05, 0) is 37.5 Å². The Kier molecular flexibility index (Phi) is 6.36. The Hall–Kier alpha value is -2.15. The Labute approximate surface area is 147 Å². The lowest BCUT2D eigenvalue weighted by atomic mass is 10.1. The van der Waals surface area contributed by atoms with Gasteiger partial charge in [0.15, 0.2) is 0 Å². The first-order valence-corrected chi connectivity index (χ1v) is 9.51. The molecular weight excluding hydrogens is 344 g/mol. The maximum atomic E-state index is 12.5. The molecule has 1 aliphatic rings. The van der Waals surface area contributed by atoms with E-state index in [1.165, 1.54) is 25.3 Å². The van der Waals surface area contributed by atoms with Crippen LogP contribution >= 0.6 is 0 Å². The van der Waals surface area contributed by atoms with E-state index in [0.29, 0.717) is 13.1 Å². The van der Waals surface area contributed by atoms with Gasteiger partial charge in [0.25, 0.3) is 5.91 Å². The maximum Gasteiger partial charge on any atom is 0.256 e. The van der Waals surface area contributed by atoms with E-state index in [-0.39, 0.29) is 22.3 Å². The standard InChI is InChI=1S/C16H22N4O4S/c1-24-15-7-6-13(25(18,22)23)10-14(15)16(21)19-11-20-9-3-5-12(20)4-2-8-17/h6-7,10,12H,2-5,9,11H2,1H3,(H,19,21)(H2,18,22,23). The van der Waals surface area contributed by atoms with Gasteiger partial charge >= 0.3 is 0 Å². The minimum atomic E-state index is -3.91. The van der Waals surface area contributed by atoms with Gasteiger partial charge in [0.05, 0.1) is 30.3 Å². The van der Waals surface area contributed by atoms with Crippen molar-refractivity contribution in [2.45, 2.75) is 36.6 Å². The summed E-state index contributed by atoms with van der Waals surface area (Å²) in [5.74, 6) is -0.166. The quantitative estimate of drug-likeness (QED) is 0.735. The fourth-order valence-electron chi connectivity index (χ4n) is 2.97. The molecule has 0 aliphatic carbocycles. The molecule has 1 saturated heterocycles. The molecule has 1 heterocycles. The SMILES string of the molecule is COc1ccc(S(N)(=O)=O)cc1C(=O)NCN1CCCC1CCC#N. The summed E-state index contributed by atoms with van der Waals surface area (Å²) in [6.07, 6.45) is 3.29. The molecule has 1 aliphatic heterocycles. The normalized spacial score (nSPS) is 17.9. The first kappa shape index (κ1) is 19.2. The lowest BCUT2D eigenvalue weighted by molar-refractivity contribution is 0.0913. The van der Waals surface area contributed by atoms with Gasteiger partial charge in [-0.3, -0.25) is 9.69 Å². The molecule has 0 aromatic heterocycles. The number of rotatable bonds is 7. The summed E-state index contributed by atoms with van der Waals surface area (Å²) in [4.78, 5) is 14.4. The number of nitrogens with one attached hydrogen (secondary N) is 1. The summed E-state index contributed by atoms with van der Waals surface area (Å²) in [6.45, 7) is 1.18. The predicted octanol–water partition coefficient (Wildman–Crippen LogP) is 0.798. The van der Waals surface area contributed by atoms with E-state index in [0.717, 1.165) is 25.8 Å². The molecule has 8 nitrogen and oxygen atoms in total. The van der Waals surface area contributed by atoms with E-state index in [1.807, 2.05) is 0 Å². The zero-order valence-electron chi connectivity index (χ0n) is 14.1. The first-order valence-electron chi connectivity index (χ1n) is 7.97. The lowest BCUT2D eigenvalue weighted by Crippen LogP contribution is -2.40. The van der Waals surface area contributed by atoms with Crippen molar-refractivity contribution in [1.29, 1.82) is 5.26 Å². The predicted molar refractivity (Wildman–Crippen MR) is 91.3 cm³/mol. The zero-order valence-corrected chi connectivity index (χ0v) is 14.9. The highest BCUT2D eigenvalue weighted by atomic mass is 32.2. The molecular formula is C16H22N4O4S. The topological polar surface area (TPSA) is 126 Å². The zero-order chi connectivity index (χ0) is 18.4. The molecule has 0 saturated carbocycles. The largest absolute Gasteiger partial charge is 0.496 e. The van der Waals surface area contributed by atoms with E-state index in [1.54, 1.807) is 0 Å². The molecule has 2 rings (SSSR count). The minimum Gasteiger partial charge on any atom is -0.496 e. The van der Waals surface area contributed by atoms with Gasteiger partial charge in [-0.25, -0.2) is 13.6 Å². The smallest absolute Gasteiger partial charge is 0.256 e. The number of amides is 1. The van der Waals surface area contributed by atoms with Gasteiger partial charge in [-0.2, -0.15) is 5.26 Å². The summed E-state index contributed by atoms with van der Waals surface area (Å²) < 4.78 is 28.1. The summed E-state index contributed by atoms with van der Waals surface area (Å²) in [5, 5.41) is 16.6. The van der Waals surface area contributed by atoms with Crippen molar-refractivity contribution in [2.75, 3.05) is 20.3 Å². The molecule has 1 fully saturated rings. The molecule has 0 spiro atoms. The fraction of sp³-hybridized carbons (Fsp3) is 0.500. The number of nitriles is 1. The highest BCUT2D eigenvalue weighted by Crippen LogP contribution is 2.23. The van der Waals surface area contributed by atoms with Crippen molar-refractivity contribution < 1.29 is 17.9 Å². The van der Waals surface area contributed by atoms with Crippen LogP contribution in [-0.4, -0.2) is 45.6 Å². The van der Waals surface area contributed by atoms with Crippen molar-refractivity contribution in [3.63, 3.8) is 0 Å². The molecule has 1 amide bonds. The molecule has 0 bridgehead atoms. The van der Waals surface area contributed by atoms with Crippen LogP contribution in [-0.2, 0) is 10.0 Å². The first-order chi connectivity index (χ1) is 11.9. The second-order valence-corrected chi connectivity index (χ2v) is 7.44. The number of methoxy groups -OCH3 is 1. The number of carbonyl (C=O) groups excluding carboxylic acids is 1. The highest BCUT2D eigenvalue weighted by molar-refractivity contribution is 7.89. The second kappa shape index (κ2) is 8.29. The number of carbonyl (C=O) groups is 1. The van der Waals surface area contributed by atoms with Crippen LogP contribution in [0, 0.1) is 11.3 Å². The average Bonchev–Trinajstić information content (AvgIpc) is 3.03. The van der Waals surface area contributed by atoms with E-state index in [9.17, 15) is 13.2 Å². The van der Waals surface area contributed by atoms with Crippen molar-refractivity contribution in [3.8, 4) is 11.8 Å². The van der Waals surface area contributed by atoms with Crippen LogP contribution in [0.25, 0.3) is 0 Å². The fourth-order valence-corrected chi connectivity index (χ4v) is 3.51. The van der Waals surface area contributed by atoms with Gasteiger partial charge in [0.2, 0.25) is 10.0 Å². The summed E-state index contributed by atoms with van der Waals surface area (Å²) in [7, 11) is -2.51. The molecule has 1 unspecified atom stereocenters. The number of nitrogens with zero attached hydrogens (tertiary/aromatic N) is 2. The van der Waals surface area contributed by atoms with E-state index in [4.69, 9.17) is 15.1 Å². The summed E-state index contributed by atoms with van der Waals surface area (Å²) >= 11 is 0. The Morgan fingerprint density at radius 1 is 1.52 bits per heavy atom. The molecule has 9 heteroatoms.